The minimum absolute atomic E-state index is 0.737. The second-order valence-electron chi connectivity index (χ2n) is 4.86. The van der Waals surface area contributed by atoms with E-state index in [1.54, 1.807) is 13.3 Å². The van der Waals surface area contributed by atoms with Gasteiger partial charge in [-0.3, -0.25) is 0 Å². The maximum Gasteiger partial charge on any atom is 0.118 e. The Morgan fingerprint density at radius 2 is 1.77 bits per heavy atom. The van der Waals surface area contributed by atoms with Crippen LogP contribution >= 0.6 is 0 Å². The number of rotatable bonds is 5. The van der Waals surface area contributed by atoms with Gasteiger partial charge in [-0.2, -0.15) is 10.2 Å². The summed E-state index contributed by atoms with van der Waals surface area (Å²) in [5, 5.41) is 11.6. The second-order valence-corrected chi connectivity index (χ2v) is 4.86. The van der Waals surface area contributed by atoms with Crippen molar-refractivity contribution in [1.29, 1.82) is 0 Å². The van der Waals surface area contributed by atoms with E-state index in [4.69, 9.17) is 4.74 Å². The molecule has 0 aliphatic carbocycles. The van der Waals surface area contributed by atoms with Gasteiger partial charge in [-0.15, -0.1) is 0 Å². The fourth-order valence-electron chi connectivity index (χ4n) is 2.25. The summed E-state index contributed by atoms with van der Waals surface area (Å²) < 4.78 is 5.17. The quantitative estimate of drug-likeness (QED) is 0.777. The minimum atomic E-state index is 0.737. The third-order valence-corrected chi connectivity index (χ3v) is 3.42. The molecule has 0 radical (unpaired) electrons. The van der Waals surface area contributed by atoms with Crippen LogP contribution < -0.4 is 10.1 Å². The molecule has 1 N–H and O–H groups in total. The number of hydrogen-bond donors (Lipinski definition) is 1. The average molecular weight is 291 g/mol. The lowest BCUT2D eigenvalue weighted by molar-refractivity contribution is 0.414. The Morgan fingerprint density at radius 1 is 0.955 bits per heavy atom. The summed E-state index contributed by atoms with van der Waals surface area (Å²) in [7, 11) is 1.67. The lowest BCUT2D eigenvalue weighted by atomic mass is 10.1. The average Bonchev–Trinajstić information content (AvgIpc) is 2.61. The molecular formula is C18H17N3O. The molecule has 0 bridgehead atoms. The number of methoxy groups -OCH3 is 1. The van der Waals surface area contributed by atoms with Gasteiger partial charge >= 0.3 is 0 Å². The Labute approximate surface area is 129 Å². The van der Waals surface area contributed by atoms with Crippen LogP contribution in [0.15, 0.2) is 66.9 Å². The number of benzene rings is 2. The number of aromatic nitrogens is 2. The van der Waals surface area contributed by atoms with Crippen LogP contribution in [0.1, 0.15) is 5.56 Å². The van der Waals surface area contributed by atoms with Crippen LogP contribution in [0.4, 0.5) is 5.69 Å². The second kappa shape index (κ2) is 6.72. The normalized spacial score (nSPS) is 10.2. The van der Waals surface area contributed by atoms with Crippen LogP contribution in [0.3, 0.4) is 0 Å². The van der Waals surface area contributed by atoms with Gasteiger partial charge in [0.05, 0.1) is 12.8 Å². The van der Waals surface area contributed by atoms with Crippen molar-refractivity contribution >= 4 is 5.69 Å². The molecule has 0 fully saturated rings. The molecule has 1 aromatic heterocycles. The van der Waals surface area contributed by atoms with Crippen molar-refractivity contribution in [1.82, 2.24) is 10.2 Å². The van der Waals surface area contributed by atoms with E-state index in [9.17, 15) is 0 Å². The fraction of sp³-hybridized carbons (Fsp3) is 0.111. The molecular weight excluding hydrogens is 274 g/mol. The van der Waals surface area contributed by atoms with Crippen LogP contribution in [0.2, 0.25) is 0 Å². The maximum absolute atomic E-state index is 5.17. The third-order valence-electron chi connectivity index (χ3n) is 3.42. The van der Waals surface area contributed by atoms with Crippen LogP contribution in [0.25, 0.3) is 11.3 Å². The maximum atomic E-state index is 5.17. The Bertz CT molecular complexity index is 727. The third kappa shape index (κ3) is 3.23. The summed E-state index contributed by atoms with van der Waals surface area (Å²) >= 11 is 0. The van der Waals surface area contributed by atoms with E-state index in [-0.39, 0.29) is 0 Å². The van der Waals surface area contributed by atoms with Gasteiger partial charge in [0.15, 0.2) is 0 Å². The van der Waals surface area contributed by atoms with E-state index in [1.165, 1.54) is 5.56 Å². The topological polar surface area (TPSA) is 47.0 Å². The van der Waals surface area contributed by atoms with Gasteiger partial charge in [0.25, 0.3) is 0 Å². The van der Waals surface area contributed by atoms with Gasteiger partial charge in [0, 0.05) is 24.0 Å². The summed E-state index contributed by atoms with van der Waals surface area (Å²) in [6.45, 7) is 0.737. The zero-order valence-electron chi connectivity index (χ0n) is 12.4. The van der Waals surface area contributed by atoms with Crippen LogP contribution in [-0.2, 0) is 6.54 Å². The van der Waals surface area contributed by atoms with Gasteiger partial charge in [-0.25, -0.2) is 0 Å². The van der Waals surface area contributed by atoms with E-state index in [0.717, 1.165) is 29.2 Å². The van der Waals surface area contributed by atoms with Gasteiger partial charge in [0.2, 0.25) is 0 Å². The SMILES string of the molecule is COc1ccc(CNc2ccccc2-c2cccnn2)cc1. The Balaban J connectivity index is 1.78. The van der Waals surface area contributed by atoms with Crippen molar-refractivity contribution in [3.8, 4) is 17.0 Å². The number of nitrogens with zero attached hydrogens (tertiary/aromatic N) is 2. The zero-order valence-corrected chi connectivity index (χ0v) is 12.4. The molecule has 3 aromatic rings. The predicted molar refractivity (Wildman–Crippen MR) is 87.8 cm³/mol. The van der Waals surface area contributed by atoms with Gasteiger partial charge in [0.1, 0.15) is 5.75 Å². The van der Waals surface area contributed by atoms with Crippen LogP contribution in [0, 0.1) is 0 Å². The first kappa shape index (κ1) is 14.1. The van der Waals surface area contributed by atoms with Crippen molar-refractivity contribution in [2.45, 2.75) is 6.54 Å². The van der Waals surface area contributed by atoms with Gasteiger partial charge in [-0.1, -0.05) is 30.3 Å². The molecule has 0 saturated carbocycles. The zero-order chi connectivity index (χ0) is 15.2. The van der Waals surface area contributed by atoms with Crippen molar-refractivity contribution in [3.05, 3.63) is 72.4 Å². The van der Waals surface area contributed by atoms with E-state index in [0.29, 0.717) is 0 Å². The molecule has 22 heavy (non-hydrogen) atoms. The molecule has 4 heteroatoms. The molecule has 0 unspecified atom stereocenters. The minimum Gasteiger partial charge on any atom is -0.497 e. The number of nitrogens with one attached hydrogen (secondary N) is 1. The highest BCUT2D eigenvalue weighted by atomic mass is 16.5. The highest BCUT2D eigenvalue weighted by Gasteiger charge is 2.05. The Morgan fingerprint density at radius 3 is 2.50 bits per heavy atom. The van der Waals surface area contributed by atoms with Crippen LogP contribution in [0.5, 0.6) is 5.75 Å². The molecule has 110 valence electrons. The van der Waals surface area contributed by atoms with Crippen molar-refractivity contribution < 1.29 is 4.74 Å². The summed E-state index contributed by atoms with van der Waals surface area (Å²) in [6.07, 6.45) is 1.68. The molecule has 0 aliphatic rings. The largest absolute Gasteiger partial charge is 0.497 e. The Kier molecular flexibility index (Phi) is 4.30. The Hall–Kier alpha value is -2.88. The molecule has 3 rings (SSSR count). The smallest absolute Gasteiger partial charge is 0.118 e. The molecule has 0 amide bonds. The lowest BCUT2D eigenvalue weighted by Gasteiger charge is -2.11. The van der Waals surface area contributed by atoms with E-state index >= 15 is 0 Å². The molecule has 0 atom stereocenters. The predicted octanol–water partition coefficient (Wildman–Crippen LogP) is 3.76. The van der Waals surface area contributed by atoms with Crippen LogP contribution in [-0.4, -0.2) is 17.3 Å². The summed E-state index contributed by atoms with van der Waals surface area (Å²) in [6, 6.07) is 20.0. The number of para-hydroxylation sites is 1. The first-order valence-electron chi connectivity index (χ1n) is 7.11. The lowest BCUT2D eigenvalue weighted by Crippen LogP contribution is -2.01. The standard InChI is InChI=1S/C18H17N3O/c1-22-15-10-8-14(9-11-15)13-19-17-6-3-2-5-16(17)18-7-4-12-20-21-18/h2-12,19H,13H2,1H3. The first-order chi connectivity index (χ1) is 10.9. The summed E-state index contributed by atoms with van der Waals surface area (Å²) in [4.78, 5) is 0. The summed E-state index contributed by atoms with van der Waals surface area (Å²) in [5.41, 5.74) is 4.14. The van der Waals surface area contributed by atoms with Crippen molar-refractivity contribution in [2.24, 2.45) is 0 Å². The molecule has 0 spiro atoms. The number of hydrogen-bond acceptors (Lipinski definition) is 4. The monoisotopic (exact) mass is 291 g/mol. The van der Waals surface area contributed by atoms with Crippen molar-refractivity contribution in [2.75, 3.05) is 12.4 Å². The highest BCUT2D eigenvalue weighted by Crippen LogP contribution is 2.26. The van der Waals surface area contributed by atoms with Gasteiger partial charge in [-0.05, 0) is 35.9 Å². The van der Waals surface area contributed by atoms with E-state index in [2.05, 4.69) is 27.6 Å². The fourth-order valence-corrected chi connectivity index (χ4v) is 2.25. The van der Waals surface area contributed by atoms with Gasteiger partial charge < -0.3 is 10.1 Å². The first-order valence-corrected chi connectivity index (χ1v) is 7.11. The highest BCUT2D eigenvalue weighted by molar-refractivity contribution is 5.75. The number of ether oxygens (including phenoxy) is 1. The number of anilines is 1. The molecule has 0 aliphatic heterocycles. The molecule has 2 aromatic carbocycles. The van der Waals surface area contributed by atoms with Crippen molar-refractivity contribution in [3.63, 3.8) is 0 Å². The molecule has 0 saturated heterocycles. The van der Waals surface area contributed by atoms with E-state index < -0.39 is 0 Å². The molecule has 1 heterocycles. The van der Waals surface area contributed by atoms with E-state index in [1.807, 2.05) is 48.5 Å². The summed E-state index contributed by atoms with van der Waals surface area (Å²) in [5.74, 6) is 0.865. The molecule has 4 nitrogen and oxygen atoms in total.